The highest BCUT2D eigenvalue weighted by Gasteiger charge is 2.08. The minimum atomic E-state index is 0.549. The molecule has 20 heavy (non-hydrogen) atoms. The number of para-hydroxylation sites is 1. The third-order valence-corrected chi connectivity index (χ3v) is 3.38. The average molecular weight is 269 g/mol. The maximum absolute atomic E-state index is 5.73. The number of fused-ring (bicyclic) bond motifs is 1. The molecule has 3 heteroatoms. The molecule has 2 aromatic carbocycles. The molecule has 1 aliphatic heterocycles. The van der Waals surface area contributed by atoms with Gasteiger partial charge in [0.25, 0.3) is 0 Å². The lowest BCUT2D eigenvalue weighted by atomic mass is 10.0. The third kappa shape index (κ3) is 3.23. The zero-order chi connectivity index (χ0) is 13.6. The Morgan fingerprint density at radius 1 is 0.900 bits per heavy atom. The smallest absolute Gasteiger partial charge is 0.122 e. The first kappa shape index (κ1) is 12.9. The van der Waals surface area contributed by atoms with E-state index in [4.69, 9.17) is 9.47 Å². The molecule has 0 aromatic heterocycles. The van der Waals surface area contributed by atoms with Crippen LogP contribution in [-0.4, -0.2) is 19.8 Å². The predicted octanol–water partition coefficient (Wildman–Crippen LogP) is 3.50. The van der Waals surface area contributed by atoms with E-state index in [2.05, 4.69) is 17.4 Å². The molecule has 0 amide bonds. The first-order valence-corrected chi connectivity index (χ1v) is 7.09. The highest BCUT2D eigenvalue weighted by Crippen LogP contribution is 2.26. The lowest BCUT2D eigenvalue weighted by Crippen LogP contribution is -2.12. The number of aryl methyl sites for hydroxylation is 1. The van der Waals surface area contributed by atoms with Crippen molar-refractivity contribution in [2.45, 2.75) is 12.8 Å². The lowest BCUT2D eigenvalue weighted by molar-refractivity contribution is 0.217. The maximum Gasteiger partial charge on any atom is 0.122 e. The van der Waals surface area contributed by atoms with Crippen LogP contribution < -0.4 is 14.8 Å². The number of ether oxygens (including phenoxy) is 2. The Morgan fingerprint density at radius 3 is 2.55 bits per heavy atom. The summed E-state index contributed by atoms with van der Waals surface area (Å²) in [7, 11) is 0. The van der Waals surface area contributed by atoms with Crippen molar-refractivity contribution in [3.05, 3.63) is 54.1 Å². The molecule has 0 unspecified atom stereocenters. The molecule has 0 radical (unpaired) electrons. The van der Waals surface area contributed by atoms with Crippen molar-refractivity contribution in [1.82, 2.24) is 0 Å². The van der Waals surface area contributed by atoms with Crippen molar-refractivity contribution in [2.75, 3.05) is 25.1 Å². The zero-order valence-electron chi connectivity index (χ0n) is 11.5. The van der Waals surface area contributed by atoms with Crippen molar-refractivity contribution >= 4 is 5.69 Å². The van der Waals surface area contributed by atoms with Crippen LogP contribution in [-0.2, 0) is 6.42 Å². The van der Waals surface area contributed by atoms with Gasteiger partial charge in [0.2, 0.25) is 0 Å². The molecule has 0 bridgehead atoms. The molecule has 0 saturated carbocycles. The molecular formula is C17H19NO2. The minimum Gasteiger partial charge on any atom is -0.490 e. The summed E-state index contributed by atoms with van der Waals surface area (Å²) < 4.78 is 11.3. The van der Waals surface area contributed by atoms with Gasteiger partial charge in [0.05, 0.1) is 0 Å². The van der Waals surface area contributed by atoms with E-state index in [0.717, 1.165) is 24.5 Å². The van der Waals surface area contributed by atoms with Crippen LogP contribution in [0, 0.1) is 0 Å². The van der Waals surface area contributed by atoms with Crippen molar-refractivity contribution in [3.63, 3.8) is 0 Å². The molecule has 3 rings (SSSR count). The first-order chi connectivity index (χ1) is 9.92. The zero-order valence-corrected chi connectivity index (χ0v) is 11.5. The van der Waals surface area contributed by atoms with E-state index in [0.29, 0.717) is 13.2 Å². The summed E-state index contributed by atoms with van der Waals surface area (Å²) in [5.74, 6) is 1.78. The molecular weight excluding hydrogens is 250 g/mol. The van der Waals surface area contributed by atoms with E-state index in [9.17, 15) is 0 Å². The molecule has 0 aliphatic carbocycles. The number of nitrogens with one attached hydrogen (secondary N) is 1. The Kier molecular flexibility index (Phi) is 4.07. The number of rotatable bonds is 5. The second kappa shape index (κ2) is 6.33. The van der Waals surface area contributed by atoms with Crippen molar-refractivity contribution < 1.29 is 9.47 Å². The van der Waals surface area contributed by atoms with Crippen molar-refractivity contribution in [2.24, 2.45) is 0 Å². The summed E-state index contributed by atoms with van der Waals surface area (Å²) in [6.45, 7) is 2.15. The van der Waals surface area contributed by atoms with E-state index in [1.807, 2.05) is 36.4 Å². The molecule has 0 atom stereocenters. The van der Waals surface area contributed by atoms with Gasteiger partial charge in [0.15, 0.2) is 0 Å². The van der Waals surface area contributed by atoms with Crippen molar-refractivity contribution in [3.8, 4) is 11.5 Å². The molecule has 0 saturated heterocycles. The van der Waals surface area contributed by atoms with Gasteiger partial charge in [0, 0.05) is 18.3 Å². The summed E-state index contributed by atoms with van der Waals surface area (Å²) in [6, 6.07) is 16.1. The summed E-state index contributed by atoms with van der Waals surface area (Å²) in [6.07, 6.45) is 2.36. The molecule has 2 aromatic rings. The van der Waals surface area contributed by atoms with Crippen molar-refractivity contribution in [1.29, 1.82) is 0 Å². The Labute approximate surface area is 119 Å². The molecule has 0 fully saturated rings. The fourth-order valence-electron chi connectivity index (χ4n) is 2.37. The van der Waals surface area contributed by atoms with E-state index >= 15 is 0 Å². The topological polar surface area (TPSA) is 30.5 Å². The Bertz CT molecular complexity index is 554. The number of anilines is 1. The Hall–Kier alpha value is -2.16. The standard InChI is InChI=1S/C17H19NO2/c1-2-6-15(7-3-1)19-11-12-20-16-9-8-14-5-4-10-18-17(14)13-16/h1-3,6-9,13,18H,4-5,10-12H2. The largest absolute Gasteiger partial charge is 0.490 e. The van der Waals surface area contributed by atoms with Gasteiger partial charge < -0.3 is 14.8 Å². The molecule has 1 aliphatic rings. The summed E-state index contributed by atoms with van der Waals surface area (Å²) in [5, 5.41) is 3.41. The summed E-state index contributed by atoms with van der Waals surface area (Å²) in [5.41, 5.74) is 2.59. The van der Waals surface area contributed by atoms with Crippen LogP contribution in [0.25, 0.3) is 0 Å². The van der Waals surface area contributed by atoms with Crippen LogP contribution in [0.3, 0.4) is 0 Å². The van der Waals surface area contributed by atoms with Crippen LogP contribution in [0.5, 0.6) is 11.5 Å². The predicted molar refractivity (Wildman–Crippen MR) is 80.7 cm³/mol. The molecule has 3 nitrogen and oxygen atoms in total. The highest BCUT2D eigenvalue weighted by molar-refractivity contribution is 5.56. The second-order valence-electron chi connectivity index (χ2n) is 4.86. The summed E-state index contributed by atoms with van der Waals surface area (Å²) in [4.78, 5) is 0. The van der Waals surface area contributed by atoms with Gasteiger partial charge in [-0.1, -0.05) is 24.3 Å². The summed E-state index contributed by atoms with van der Waals surface area (Å²) >= 11 is 0. The van der Waals surface area contributed by atoms with Crippen LogP contribution >= 0.6 is 0 Å². The highest BCUT2D eigenvalue weighted by atomic mass is 16.5. The number of hydrogen-bond acceptors (Lipinski definition) is 3. The van der Waals surface area contributed by atoms with Crippen LogP contribution in [0.2, 0.25) is 0 Å². The van der Waals surface area contributed by atoms with E-state index in [1.54, 1.807) is 0 Å². The van der Waals surface area contributed by atoms with E-state index < -0.39 is 0 Å². The van der Waals surface area contributed by atoms with Gasteiger partial charge in [-0.3, -0.25) is 0 Å². The molecule has 0 spiro atoms. The van der Waals surface area contributed by atoms with Gasteiger partial charge in [-0.2, -0.15) is 0 Å². The third-order valence-electron chi connectivity index (χ3n) is 3.38. The Balaban J connectivity index is 1.49. The minimum absolute atomic E-state index is 0.549. The normalized spacial score (nSPS) is 13.2. The molecule has 104 valence electrons. The number of hydrogen-bond donors (Lipinski definition) is 1. The van der Waals surface area contributed by atoms with Gasteiger partial charge in [-0.25, -0.2) is 0 Å². The van der Waals surface area contributed by atoms with Gasteiger partial charge in [-0.15, -0.1) is 0 Å². The fourth-order valence-corrected chi connectivity index (χ4v) is 2.37. The van der Waals surface area contributed by atoms with Gasteiger partial charge in [-0.05, 0) is 36.6 Å². The monoisotopic (exact) mass is 269 g/mol. The quantitative estimate of drug-likeness (QED) is 0.843. The van der Waals surface area contributed by atoms with E-state index in [-0.39, 0.29) is 0 Å². The average Bonchev–Trinajstić information content (AvgIpc) is 2.52. The SMILES string of the molecule is c1ccc(OCCOc2ccc3c(c2)NCCC3)cc1. The second-order valence-corrected chi connectivity index (χ2v) is 4.86. The van der Waals surface area contributed by atoms with Crippen LogP contribution in [0.4, 0.5) is 5.69 Å². The number of benzene rings is 2. The van der Waals surface area contributed by atoms with Crippen LogP contribution in [0.15, 0.2) is 48.5 Å². The maximum atomic E-state index is 5.73. The Morgan fingerprint density at radius 2 is 1.70 bits per heavy atom. The van der Waals surface area contributed by atoms with E-state index in [1.165, 1.54) is 17.7 Å². The molecule has 1 heterocycles. The van der Waals surface area contributed by atoms with Crippen LogP contribution in [0.1, 0.15) is 12.0 Å². The fraction of sp³-hybridized carbons (Fsp3) is 0.294. The van der Waals surface area contributed by atoms with Gasteiger partial charge >= 0.3 is 0 Å². The van der Waals surface area contributed by atoms with Gasteiger partial charge in [0.1, 0.15) is 24.7 Å². The molecule has 1 N–H and O–H groups in total. The first-order valence-electron chi connectivity index (χ1n) is 7.09. The lowest BCUT2D eigenvalue weighted by Gasteiger charge is -2.18.